The van der Waals surface area contributed by atoms with E-state index in [2.05, 4.69) is 17.4 Å². The van der Waals surface area contributed by atoms with Crippen molar-refractivity contribution in [1.82, 2.24) is 0 Å². The molecule has 0 fully saturated rings. The minimum atomic E-state index is -0.123. The van der Waals surface area contributed by atoms with Gasteiger partial charge in [0.15, 0.2) is 11.5 Å². The number of ether oxygens (including phenoxy) is 3. The number of carbonyl (C=O) groups excluding carboxylic acids is 1. The van der Waals surface area contributed by atoms with Crippen LogP contribution in [0.5, 0.6) is 17.2 Å². The summed E-state index contributed by atoms with van der Waals surface area (Å²) in [6.45, 7) is 0. The maximum atomic E-state index is 12.5. The fourth-order valence-corrected chi connectivity index (χ4v) is 2.99. The normalized spacial score (nSPS) is 10.2. The highest BCUT2D eigenvalue weighted by molar-refractivity contribution is 5.93. The van der Waals surface area contributed by atoms with Gasteiger partial charge in [0.25, 0.3) is 0 Å². The number of hydrogen-bond donors (Lipinski definition) is 1. The number of rotatable bonds is 7. The maximum Gasteiger partial charge on any atom is 0.228 e. The molecule has 0 unspecified atom stereocenters. The summed E-state index contributed by atoms with van der Waals surface area (Å²) >= 11 is 0. The summed E-state index contributed by atoms with van der Waals surface area (Å²) in [5, 5.41) is 2.88. The molecule has 3 aromatic carbocycles. The Morgan fingerprint density at radius 3 is 1.89 bits per heavy atom. The molecule has 3 aromatic rings. The number of anilines is 1. The summed E-state index contributed by atoms with van der Waals surface area (Å²) in [4.78, 5) is 12.5. The smallest absolute Gasteiger partial charge is 0.228 e. The van der Waals surface area contributed by atoms with Crippen molar-refractivity contribution in [3.8, 4) is 28.4 Å². The average molecular weight is 377 g/mol. The Balaban J connectivity index is 1.70. The molecule has 0 aromatic heterocycles. The lowest BCUT2D eigenvalue weighted by Crippen LogP contribution is -2.14. The van der Waals surface area contributed by atoms with Crippen LogP contribution in [0.25, 0.3) is 11.1 Å². The van der Waals surface area contributed by atoms with Crippen molar-refractivity contribution < 1.29 is 19.0 Å². The van der Waals surface area contributed by atoms with Crippen molar-refractivity contribution in [2.75, 3.05) is 26.6 Å². The van der Waals surface area contributed by atoms with Crippen molar-refractivity contribution in [1.29, 1.82) is 0 Å². The van der Waals surface area contributed by atoms with Gasteiger partial charge in [-0.1, -0.05) is 54.6 Å². The zero-order valence-corrected chi connectivity index (χ0v) is 16.2. The standard InChI is InChI=1S/C23H23NO4/c1-26-20-14-19(15-21(27-2)23(20)28-3)24-22(25)13-16-9-11-18(12-10-16)17-7-5-4-6-8-17/h4-12,14-15H,13H2,1-3H3,(H,24,25). The highest BCUT2D eigenvalue weighted by atomic mass is 16.5. The number of hydrogen-bond acceptors (Lipinski definition) is 4. The molecule has 0 radical (unpaired) electrons. The van der Waals surface area contributed by atoms with Gasteiger partial charge in [-0.2, -0.15) is 0 Å². The largest absolute Gasteiger partial charge is 0.493 e. The number of amides is 1. The molecule has 144 valence electrons. The van der Waals surface area contributed by atoms with E-state index in [-0.39, 0.29) is 12.3 Å². The van der Waals surface area contributed by atoms with Crippen molar-refractivity contribution in [2.45, 2.75) is 6.42 Å². The van der Waals surface area contributed by atoms with Gasteiger partial charge in [0.05, 0.1) is 27.8 Å². The molecule has 1 N–H and O–H groups in total. The fraction of sp³-hybridized carbons (Fsp3) is 0.174. The molecule has 5 nitrogen and oxygen atoms in total. The first kappa shape index (κ1) is 19.3. The van der Waals surface area contributed by atoms with E-state index in [1.165, 1.54) is 21.3 Å². The second kappa shape index (κ2) is 8.95. The lowest BCUT2D eigenvalue weighted by atomic mass is 10.0. The zero-order chi connectivity index (χ0) is 19.9. The van der Waals surface area contributed by atoms with Gasteiger partial charge in [0.1, 0.15) is 0 Å². The Hall–Kier alpha value is -3.47. The maximum absolute atomic E-state index is 12.5. The second-order valence-electron chi connectivity index (χ2n) is 6.20. The van der Waals surface area contributed by atoms with Crippen LogP contribution < -0.4 is 19.5 Å². The van der Waals surface area contributed by atoms with Crippen LogP contribution in [0.2, 0.25) is 0 Å². The summed E-state index contributed by atoms with van der Waals surface area (Å²) < 4.78 is 15.9. The van der Waals surface area contributed by atoms with Crippen LogP contribution in [0.1, 0.15) is 5.56 Å². The molecule has 0 saturated heterocycles. The topological polar surface area (TPSA) is 56.8 Å². The summed E-state index contributed by atoms with van der Waals surface area (Å²) in [5.74, 6) is 1.34. The van der Waals surface area contributed by atoms with E-state index in [0.717, 1.165) is 16.7 Å². The van der Waals surface area contributed by atoms with Crippen LogP contribution in [0, 0.1) is 0 Å². The number of benzene rings is 3. The van der Waals surface area contributed by atoms with E-state index in [4.69, 9.17) is 14.2 Å². The highest BCUT2D eigenvalue weighted by Crippen LogP contribution is 2.39. The molecule has 3 rings (SSSR count). The Labute approximate surface area is 164 Å². The van der Waals surface area contributed by atoms with Crippen LogP contribution in [0.4, 0.5) is 5.69 Å². The minimum Gasteiger partial charge on any atom is -0.493 e. The number of nitrogens with one attached hydrogen (secondary N) is 1. The van der Waals surface area contributed by atoms with Crippen LogP contribution in [0.3, 0.4) is 0 Å². The van der Waals surface area contributed by atoms with Crippen LogP contribution >= 0.6 is 0 Å². The molecular weight excluding hydrogens is 354 g/mol. The average Bonchev–Trinajstić information content (AvgIpc) is 2.74. The van der Waals surface area contributed by atoms with Crippen molar-refractivity contribution in [3.05, 3.63) is 72.3 Å². The van der Waals surface area contributed by atoms with E-state index in [9.17, 15) is 4.79 Å². The van der Waals surface area contributed by atoms with Gasteiger partial charge in [-0.15, -0.1) is 0 Å². The fourth-order valence-electron chi connectivity index (χ4n) is 2.99. The van der Waals surface area contributed by atoms with Crippen LogP contribution in [0.15, 0.2) is 66.7 Å². The molecule has 28 heavy (non-hydrogen) atoms. The van der Waals surface area contributed by atoms with E-state index in [0.29, 0.717) is 22.9 Å². The Morgan fingerprint density at radius 2 is 1.36 bits per heavy atom. The zero-order valence-electron chi connectivity index (χ0n) is 16.2. The molecular formula is C23H23NO4. The second-order valence-corrected chi connectivity index (χ2v) is 6.20. The van der Waals surface area contributed by atoms with Gasteiger partial charge < -0.3 is 19.5 Å². The summed E-state index contributed by atoms with van der Waals surface area (Å²) in [5.41, 5.74) is 3.79. The third-order valence-electron chi connectivity index (χ3n) is 4.37. The molecule has 0 aliphatic heterocycles. The predicted molar refractivity (Wildman–Crippen MR) is 110 cm³/mol. The summed E-state index contributed by atoms with van der Waals surface area (Å²) in [6, 6.07) is 21.5. The molecule has 1 amide bonds. The van der Waals surface area contributed by atoms with Gasteiger partial charge in [-0.25, -0.2) is 0 Å². The quantitative estimate of drug-likeness (QED) is 0.656. The van der Waals surface area contributed by atoms with Gasteiger partial charge in [-0.05, 0) is 16.7 Å². The molecule has 0 atom stereocenters. The Kier molecular flexibility index (Phi) is 6.17. The van der Waals surface area contributed by atoms with Crippen LogP contribution in [-0.4, -0.2) is 27.2 Å². The van der Waals surface area contributed by atoms with Gasteiger partial charge in [-0.3, -0.25) is 4.79 Å². The van der Waals surface area contributed by atoms with E-state index in [1.807, 2.05) is 42.5 Å². The molecule has 0 saturated carbocycles. The van der Waals surface area contributed by atoms with Crippen molar-refractivity contribution >= 4 is 11.6 Å². The number of methoxy groups -OCH3 is 3. The van der Waals surface area contributed by atoms with Gasteiger partial charge >= 0.3 is 0 Å². The SMILES string of the molecule is COc1cc(NC(=O)Cc2ccc(-c3ccccc3)cc2)cc(OC)c1OC. The van der Waals surface area contributed by atoms with E-state index < -0.39 is 0 Å². The third kappa shape index (κ3) is 4.43. The summed E-state index contributed by atoms with van der Waals surface area (Å²) in [6.07, 6.45) is 0.270. The van der Waals surface area contributed by atoms with E-state index >= 15 is 0 Å². The molecule has 0 heterocycles. The monoisotopic (exact) mass is 377 g/mol. The van der Waals surface area contributed by atoms with Crippen molar-refractivity contribution in [3.63, 3.8) is 0 Å². The highest BCUT2D eigenvalue weighted by Gasteiger charge is 2.14. The molecule has 0 aliphatic rings. The minimum absolute atomic E-state index is 0.123. The van der Waals surface area contributed by atoms with Crippen molar-refractivity contribution in [2.24, 2.45) is 0 Å². The van der Waals surface area contributed by atoms with Crippen LogP contribution in [-0.2, 0) is 11.2 Å². The first-order valence-electron chi connectivity index (χ1n) is 8.89. The number of carbonyl (C=O) groups is 1. The van der Waals surface area contributed by atoms with E-state index in [1.54, 1.807) is 12.1 Å². The Morgan fingerprint density at radius 1 is 0.786 bits per heavy atom. The molecule has 0 spiro atoms. The van der Waals surface area contributed by atoms with Gasteiger partial charge in [0.2, 0.25) is 11.7 Å². The lowest BCUT2D eigenvalue weighted by molar-refractivity contribution is -0.115. The first-order chi connectivity index (χ1) is 13.6. The predicted octanol–water partition coefficient (Wildman–Crippen LogP) is 4.56. The summed E-state index contributed by atoms with van der Waals surface area (Å²) in [7, 11) is 4.62. The van der Waals surface area contributed by atoms with Gasteiger partial charge in [0, 0.05) is 17.8 Å². The first-order valence-corrected chi connectivity index (χ1v) is 8.89. The Bertz CT molecular complexity index is 912. The molecule has 5 heteroatoms. The lowest BCUT2D eigenvalue weighted by Gasteiger charge is -2.14. The third-order valence-corrected chi connectivity index (χ3v) is 4.37. The molecule has 0 aliphatic carbocycles. The molecule has 0 bridgehead atoms.